The summed E-state index contributed by atoms with van der Waals surface area (Å²) in [5.74, 6) is -1.02. The van der Waals surface area contributed by atoms with Crippen LogP contribution in [0, 0.1) is 0 Å². The number of hydrogen-bond donors (Lipinski definition) is 0. The summed E-state index contributed by atoms with van der Waals surface area (Å²) in [4.78, 5) is 26.2. The number of para-hydroxylation sites is 1. The van der Waals surface area contributed by atoms with Gasteiger partial charge in [-0.15, -0.1) is 0 Å². The van der Waals surface area contributed by atoms with Crippen LogP contribution in [-0.4, -0.2) is 64.1 Å². The highest BCUT2D eigenvalue weighted by atomic mass is 32.2. The molecule has 1 amide bonds. The molecule has 0 spiro atoms. The van der Waals surface area contributed by atoms with Gasteiger partial charge in [-0.1, -0.05) is 30.3 Å². The Morgan fingerprint density at radius 2 is 1.69 bits per heavy atom. The lowest BCUT2D eigenvalue weighted by Crippen LogP contribution is -2.40. The maximum atomic E-state index is 12.6. The van der Waals surface area contributed by atoms with Crippen molar-refractivity contribution in [1.82, 2.24) is 4.31 Å². The van der Waals surface area contributed by atoms with Crippen LogP contribution in [0.3, 0.4) is 0 Å². The van der Waals surface area contributed by atoms with Gasteiger partial charge in [-0.2, -0.15) is 4.31 Å². The van der Waals surface area contributed by atoms with Crippen LogP contribution in [0.2, 0.25) is 0 Å². The molecule has 1 aliphatic heterocycles. The Balaban J connectivity index is 1.57. The molecule has 1 atom stereocenters. The van der Waals surface area contributed by atoms with Crippen LogP contribution < -0.4 is 4.90 Å². The molecule has 2 aromatic carbocycles. The van der Waals surface area contributed by atoms with Crippen LogP contribution in [0.25, 0.3) is 6.08 Å². The van der Waals surface area contributed by atoms with Crippen molar-refractivity contribution in [1.29, 1.82) is 0 Å². The Hall–Kier alpha value is -3.01. The topological polar surface area (TPSA) is 93.2 Å². The molecule has 170 valence electrons. The number of amides is 1. The molecular weight excluding hydrogens is 432 g/mol. The number of rotatable bonds is 7. The molecule has 1 heterocycles. The molecule has 8 nitrogen and oxygen atoms in total. The summed E-state index contributed by atoms with van der Waals surface area (Å²) in [6.07, 6.45) is 1.75. The summed E-state index contributed by atoms with van der Waals surface area (Å²) in [6.45, 7) is 2.92. The molecule has 0 aromatic heterocycles. The van der Waals surface area contributed by atoms with Crippen molar-refractivity contribution >= 4 is 33.7 Å². The maximum Gasteiger partial charge on any atom is 0.331 e. The minimum atomic E-state index is -3.57. The van der Waals surface area contributed by atoms with E-state index >= 15 is 0 Å². The third-order valence-electron chi connectivity index (χ3n) is 5.01. The highest BCUT2D eigenvalue weighted by Gasteiger charge is 2.26. The van der Waals surface area contributed by atoms with Crippen LogP contribution in [0.4, 0.5) is 5.69 Å². The highest BCUT2D eigenvalue weighted by molar-refractivity contribution is 7.89. The summed E-state index contributed by atoms with van der Waals surface area (Å²) in [6, 6.07) is 15.3. The van der Waals surface area contributed by atoms with Gasteiger partial charge >= 0.3 is 5.97 Å². The second-order valence-electron chi connectivity index (χ2n) is 7.23. The van der Waals surface area contributed by atoms with E-state index in [1.807, 2.05) is 18.2 Å². The van der Waals surface area contributed by atoms with Gasteiger partial charge in [0.2, 0.25) is 10.0 Å². The number of sulfonamides is 1. The largest absolute Gasteiger partial charge is 0.449 e. The van der Waals surface area contributed by atoms with E-state index in [1.54, 1.807) is 31.3 Å². The van der Waals surface area contributed by atoms with Gasteiger partial charge in [-0.05, 0) is 42.8 Å². The van der Waals surface area contributed by atoms with E-state index in [0.29, 0.717) is 37.6 Å². The van der Waals surface area contributed by atoms with E-state index in [1.165, 1.54) is 40.4 Å². The maximum absolute atomic E-state index is 12.6. The zero-order valence-corrected chi connectivity index (χ0v) is 18.8. The standard InChI is InChI=1S/C23H26N2O6S/c1-18(23(27)24(2)20-6-4-3-5-7-20)31-22(26)13-10-19-8-11-21(12-9-19)32(28,29)25-14-16-30-17-15-25/h3-13,18H,14-17H2,1-2H3/b13-10+. The first-order valence-corrected chi connectivity index (χ1v) is 11.6. The zero-order valence-electron chi connectivity index (χ0n) is 18.0. The lowest BCUT2D eigenvalue weighted by atomic mass is 10.2. The summed E-state index contributed by atoms with van der Waals surface area (Å²) < 4.78 is 37.1. The normalized spacial score (nSPS) is 15.9. The van der Waals surface area contributed by atoms with Gasteiger partial charge in [-0.25, -0.2) is 13.2 Å². The summed E-state index contributed by atoms with van der Waals surface area (Å²) in [7, 11) is -1.96. The van der Waals surface area contributed by atoms with E-state index < -0.39 is 22.1 Å². The van der Waals surface area contributed by atoms with Gasteiger partial charge < -0.3 is 14.4 Å². The molecular formula is C23H26N2O6S. The smallest absolute Gasteiger partial charge is 0.331 e. The minimum absolute atomic E-state index is 0.183. The molecule has 32 heavy (non-hydrogen) atoms. The predicted octanol–water partition coefficient (Wildman–Crippen LogP) is 2.32. The first-order valence-electron chi connectivity index (χ1n) is 10.2. The van der Waals surface area contributed by atoms with Crippen LogP contribution in [0.15, 0.2) is 65.6 Å². The monoisotopic (exact) mass is 458 g/mol. The second-order valence-corrected chi connectivity index (χ2v) is 9.17. The first-order chi connectivity index (χ1) is 15.3. The quantitative estimate of drug-likeness (QED) is 0.467. The van der Waals surface area contributed by atoms with Gasteiger partial charge in [0, 0.05) is 31.9 Å². The number of morpholine rings is 1. The predicted molar refractivity (Wildman–Crippen MR) is 120 cm³/mol. The summed E-state index contributed by atoms with van der Waals surface area (Å²) in [5, 5.41) is 0. The van der Waals surface area contributed by atoms with Crippen molar-refractivity contribution in [3.05, 3.63) is 66.2 Å². The van der Waals surface area contributed by atoms with Crippen LogP contribution in [0.1, 0.15) is 12.5 Å². The first kappa shape index (κ1) is 23.6. The van der Waals surface area contributed by atoms with Crippen molar-refractivity contribution in [3.8, 4) is 0 Å². The van der Waals surface area contributed by atoms with Gasteiger partial charge in [-0.3, -0.25) is 4.79 Å². The van der Waals surface area contributed by atoms with Crippen molar-refractivity contribution in [2.45, 2.75) is 17.9 Å². The van der Waals surface area contributed by atoms with Crippen molar-refractivity contribution in [2.75, 3.05) is 38.3 Å². The van der Waals surface area contributed by atoms with Gasteiger partial charge in [0.05, 0.1) is 18.1 Å². The van der Waals surface area contributed by atoms with Crippen molar-refractivity contribution in [2.24, 2.45) is 0 Å². The number of anilines is 1. The molecule has 1 aliphatic rings. The van der Waals surface area contributed by atoms with E-state index in [2.05, 4.69) is 0 Å². The highest BCUT2D eigenvalue weighted by Crippen LogP contribution is 2.18. The number of hydrogen-bond acceptors (Lipinski definition) is 6. The van der Waals surface area contributed by atoms with Crippen LogP contribution >= 0.6 is 0 Å². The minimum Gasteiger partial charge on any atom is -0.449 e. The molecule has 0 radical (unpaired) electrons. The summed E-state index contributed by atoms with van der Waals surface area (Å²) >= 11 is 0. The SMILES string of the molecule is CC(OC(=O)/C=C/c1ccc(S(=O)(=O)N2CCOCC2)cc1)C(=O)N(C)c1ccccc1. The Bertz CT molecular complexity index is 1060. The average Bonchev–Trinajstić information content (AvgIpc) is 2.83. The van der Waals surface area contributed by atoms with Crippen LogP contribution in [0.5, 0.6) is 0 Å². The molecule has 2 aromatic rings. The Kier molecular flexibility index (Phi) is 7.79. The molecule has 0 aliphatic carbocycles. The average molecular weight is 459 g/mol. The van der Waals surface area contributed by atoms with E-state index in [4.69, 9.17) is 9.47 Å². The number of carbonyl (C=O) groups excluding carboxylic acids is 2. The third kappa shape index (κ3) is 5.82. The summed E-state index contributed by atoms with van der Waals surface area (Å²) in [5.41, 5.74) is 1.33. The third-order valence-corrected chi connectivity index (χ3v) is 6.93. The fourth-order valence-corrected chi connectivity index (χ4v) is 4.57. The molecule has 1 unspecified atom stereocenters. The van der Waals surface area contributed by atoms with Gasteiger partial charge in [0.1, 0.15) is 0 Å². The number of carbonyl (C=O) groups is 2. The lowest BCUT2D eigenvalue weighted by molar-refractivity contribution is -0.148. The molecule has 3 rings (SSSR count). The Morgan fingerprint density at radius 1 is 1.06 bits per heavy atom. The van der Waals surface area contributed by atoms with E-state index in [-0.39, 0.29) is 10.8 Å². The molecule has 0 bridgehead atoms. The molecule has 9 heteroatoms. The number of nitrogens with zero attached hydrogens (tertiary/aromatic N) is 2. The lowest BCUT2D eigenvalue weighted by Gasteiger charge is -2.26. The molecule has 1 saturated heterocycles. The number of likely N-dealkylation sites (N-methyl/N-ethyl adjacent to an activating group) is 1. The fraction of sp³-hybridized carbons (Fsp3) is 0.304. The zero-order chi connectivity index (χ0) is 23.1. The Labute approximate surface area is 188 Å². The fourth-order valence-electron chi connectivity index (χ4n) is 3.17. The molecule has 1 fully saturated rings. The second kappa shape index (κ2) is 10.5. The van der Waals surface area contributed by atoms with E-state index in [9.17, 15) is 18.0 Å². The van der Waals surface area contributed by atoms with Crippen molar-refractivity contribution < 1.29 is 27.5 Å². The van der Waals surface area contributed by atoms with E-state index in [0.717, 1.165) is 0 Å². The Morgan fingerprint density at radius 3 is 2.31 bits per heavy atom. The number of ether oxygens (including phenoxy) is 2. The van der Waals surface area contributed by atoms with Gasteiger partial charge in [0.25, 0.3) is 5.91 Å². The van der Waals surface area contributed by atoms with Crippen molar-refractivity contribution in [3.63, 3.8) is 0 Å². The van der Waals surface area contributed by atoms with Crippen LogP contribution in [-0.2, 0) is 29.1 Å². The number of benzene rings is 2. The number of esters is 1. The molecule has 0 N–H and O–H groups in total. The molecule has 0 saturated carbocycles. The van der Waals surface area contributed by atoms with Gasteiger partial charge in [0.15, 0.2) is 6.10 Å².